The van der Waals surface area contributed by atoms with Crippen molar-refractivity contribution < 1.29 is 0 Å². The molecule has 4 heteroatoms. The first kappa shape index (κ1) is 10.7. The molecule has 16 heavy (non-hydrogen) atoms. The summed E-state index contributed by atoms with van der Waals surface area (Å²) in [7, 11) is 0. The highest BCUT2D eigenvalue weighted by Crippen LogP contribution is 2.27. The topological polar surface area (TPSA) is 28.2 Å². The van der Waals surface area contributed by atoms with E-state index in [9.17, 15) is 0 Å². The van der Waals surface area contributed by atoms with E-state index in [-0.39, 0.29) is 0 Å². The fourth-order valence-corrected chi connectivity index (χ4v) is 3.65. The van der Waals surface area contributed by atoms with Gasteiger partial charge in [-0.15, -0.1) is 11.3 Å². The number of fused-ring (bicyclic) bond motifs is 2. The van der Waals surface area contributed by atoms with Crippen LogP contribution in [0.3, 0.4) is 0 Å². The molecule has 3 unspecified atom stereocenters. The first-order chi connectivity index (χ1) is 7.81. The molecule has 0 aromatic carbocycles. The van der Waals surface area contributed by atoms with Crippen molar-refractivity contribution in [1.82, 2.24) is 15.2 Å². The number of aromatic nitrogens is 1. The van der Waals surface area contributed by atoms with Crippen molar-refractivity contribution in [2.45, 2.75) is 32.4 Å². The lowest BCUT2D eigenvalue weighted by Gasteiger charge is -2.30. The maximum absolute atomic E-state index is 4.50. The van der Waals surface area contributed by atoms with Crippen LogP contribution in [0.1, 0.15) is 23.5 Å². The first-order valence-electron chi connectivity index (χ1n) is 6.18. The van der Waals surface area contributed by atoms with E-state index in [0.29, 0.717) is 0 Å². The maximum Gasteiger partial charge on any atom is 0.107 e. The summed E-state index contributed by atoms with van der Waals surface area (Å²) >= 11 is 1.77. The zero-order valence-electron chi connectivity index (χ0n) is 9.78. The highest BCUT2D eigenvalue weighted by molar-refractivity contribution is 7.09. The van der Waals surface area contributed by atoms with Crippen LogP contribution < -0.4 is 5.32 Å². The minimum atomic E-state index is 0.725. The summed E-state index contributed by atoms with van der Waals surface area (Å²) in [6.07, 6.45) is 2.70. The third kappa shape index (κ3) is 2.14. The van der Waals surface area contributed by atoms with E-state index < -0.39 is 0 Å². The van der Waals surface area contributed by atoms with Crippen molar-refractivity contribution >= 4 is 11.3 Å². The van der Waals surface area contributed by atoms with Crippen molar-refractivity contribution in [3.05, 3.63) is 16.1 Å². The van der Waals surface area contributed by atoms with Crippen LogP contribution in [0.5, 0.6) is 0 Å². The van der Waals surface area contributed by atoms with E-state index in [1.807, 2.05) is 0 Å². The first-order valence-corrected chi connectivity index (χ1v) is 7.06. The van der Waals surface area contributed by atoms with Crippen molar-refractivity contribution in [2.24, 2.45) is 5.92 Å². The second-order valence-corrected chi connectivity index (χ2v) is 5.95. The number of hydrogen-bond donors (Lipinski definition) is 1. The van der Waals surface area contributed by atoms with Crippen LogP contribution in [0, 0.1) is 12.8 Å². The second kappa shape index (κ2) is 4.43. The molecule has 2 fully saturated rings. The molecule has 3 nitrogen and oxygen atoms in total. The van der Waals surface area contributed by atoms with Crippen LogP contribution in [0.2, 0.25) is 0 Å². The third-order valence-corrected chi connectivity index (χ3v) is 4.78. The minimum absolute atomic E-state index is 0.725. The molecule has 0 aliphatic carbocycles. The number of hydrogen-bond acceptors (Lipinski definition) is 4. The molecule has 2 aliphatic heterocycles. The van der Waals surface area contributed by atoms with Gasteiger partial charge in [-0.1, -0.05) is 0 Å². The molecule has 0 spiro atoms. The van der Waals surface area contributed by atoms with Crippen LogP contribution in [0.15, 0.2) is 5.38 Å². The minimum Gasteiger partial charge on any atom is -0.307 e. The van der Waals surface area contributed by atoms with E-state index in [0.717, 1.165) is 24.2 Å². The molecule has 0 radical (unpaired) electrons. The Balaban J connectivity index is 1.55. The number of aryl methyl sites for hydroxylation is 1. The summed E-state index contributed by atoms with van der Waals surface area (Å²) in [6, 6.07) is 0.725. The predicted molar refractivity (Wildman–Crippen MR) is 66.6 cm³/mol. The summed E-state index contributed by atoms with van der Waals surface area (Å²) in [5.41, 5.74) is 1.15. The van der Waals surface area contributed by atoms with Crippen molar-refractivity contribution in [2.75, 3.05) is 19.6 Å². The van der Waals surface area contributed by atoms with Gasteiger partial charge in [-0.2, -0.15) is 0 Å². The smallest absolute Gasteiger partial charge is 0.107 e. The number of rotatable bonds is 3. The monoisotopic (exact) mass is 237 g/mol. The molecule has 3 heterocycles. The quantitative estimate of drug-likeness (QED) is 0.866. The van der Waals surface area contributed by atoms with Crippen LogP contribution in [-0.4, -0.2) is 35.6 Å². The Bertz CT molecular complexity index is 363. The molecule has 3 atom stereocenters. The molecular formula is C12H19N3S. The third-order valence-electron chi connectivity index (χ3n) is 3.82. The van der Waals surface area contributed by atoms with Crippen LogP contribution >= 0.6 is 11.3 Å². The lowest BCUT2D eigenvalue weighted by atomic mass is 9.94. The summed E-state index contributed by atoms with van der Waals surface area (Å²) in [5, 5.41) is 7.07. The Hall–Kier alpha value is -0.450. The average Bonchev–Trinajstić information content (AvgIpc) is 2.86. The molecule has 3 rings (SSSR count). The van der Waals surface area contributed by atoms with E-state index in [1.165, 1.54) is 37.5 Å². The van der Waals surface area contributed by atoms with Gasteiger partial charge in [0.2, 0.25) is 0 Å². The Morgan fingerprint density at radius 3 is 3.19 bits per heavy atom. The molecule has 88 valence electrons. The highest BCUT2D eigenvalue weighted by Gasteiger charge is 2.33. The van der Waals surface area contributed by atoms with E-state index >= 15 is 0 Å². The van der Waals surface area contributed by atoms with E-state index in [1.54, 1.807) is 11.3 Å². The molecule has 1 aromatic heterocycles. The molecule has 1 aromatic rings. The highest BCUT2D eigenvalue weighted by atomic mass is 32.1. The number of nitrogens with one attached hydrogen (secondary N) is 1. The van der Waals surface area contributed by atoms with Crippen molar-refractivity contribution in [3.8, 4) is 0 Å². The van der Waals surface area contributed by atoms with Gasteiger partial charge in [0.25, 0.3) is 0 Å². The SMILES string of the molecule is Cc1csc(CNC2CCN3CCC2C3)n1. The van der Waals surface area contributed by atoms with Gasteiger partial charge in [-0.25, -0.2) is 4.98 Å². The summed E-state index contributed by atoms with van der Waals surface area (Å²) in [6.45, 7) is 6.94. The number of thiazole rings is 1. The fraction of sp³-hybridized carbons (Fsp3) is 0.750. The van der Waals surface area contributed by atoms with Crippen LogP contribution in [-0.2, 0) is 6.54 Å². The Morgan fingerprint density at radius 2 is 2.38 bits per heavy atom. The number of piperidine rings is 1. The van der Waals surface area contributed by atoms with Gasteiger partial charge < -0.3 is 10.2 Å². The number of nitrogens with zero attached hydrogens (tertiary/aromatic N) is 2. The van der Waals surface area contributed by atoms with Gasteiger partial charge in [0.05, 0.1) is 0 Å². The lowest BCUT2D eigenvalue weighted by Crippen LogP contribution is -2.43. The average molecular weight is 237 g/mol. The maximum atomic E-state index is 4.50. The Kier molecular flexibility index (Phi) is 2.96. The van der Waals surface area contributed by atoms with Gasteiger partial charge in [-0.3, -0.25) is 0 Å². The fourth-order valence-electron chi connectivity index (χ4n) is 2.92. The standard InChI is InChI=1S/C12H19N3S/c1-9-8-16-12(14-9)6-13-11-3-5-15-4-2-10(11)7-15/h8,10-11,13H,2-7H2,1H3. The summed E-state index contributed by atoms with van der Waals surface area (Å²) in [4.78, 5) is 7.10. The van der Waals surface area contributed by atoms with Crippen LogP contribution in [0.25, 0.3) is 0 Å². The molecule has 0 saturated carbocycles. The zero-order chi connectivity index (χ0) is 11.0. The lowest BCUT2D eigenvalue weighted by molar-refractivity contribution is 0.220. The predicted octanol–water partition coefficient (Wildman–Crippen LogP) is 1.64. The molecule has 1 N–H and O–H groups in total. The molecule has 2 aliphatic rings. The van der Waals surface area contributed by atoms with E-state index in [2.05, 4.69) is 27.5 Å². The molecule has 0 amide bonds. The largest absolute Gasteiger partial charge is 0.307 e. The summed E-state index contributed by atoms with van der Waals surface area (Å²) < 4.78 is 0. The van der Waals surface area contributed by atoms with Gasteiger partial charge in [-0.05, 0) is 38.8 Å². The molecular weight excluding hydrogens is 218 g/mol. The Morgan fingerprint density at radius 1 is 1.50 bits per heavy atom. The second-order valence-electron chi connectivity index (χ2n) is 5.01. The zero-order valence-corrected chi connectivity index (χ0v) is 10.6. The normalized spacial score (nSPS) is 33.2. The van der Waals surface area contributed by atoms with Crippen LogP contribution in [0.4, 0.5) is 0 Å². The summed E-state index contributed by atoms with van der Waals surface area (Å²) in [5.74, 6) is 0.884. The molecule has 2 bridgehead atoms. The van der Waals surface area contributed by atoms with Gasteiger partial charge in [0, 0.05) is 30.2 Å². The Labute approximate surface area is 101 Å². The van der Waals surface area contributed by atoms with Crippen molar-refractivity contribution in [1.29, 1.82) is 0 Å². The van der Waals surface area contributed by atoms with Crippen molar-refractivity contribution in [3.63, 3.8) is 0 Å². The van der Waals surface area contributed by atoms with Gasteiger partial charge >= 0.3 is 0 Å². The molecule has 2 saturated heterocycles. The van der Waals surface area contributed by atoms with Gasteiger partial charge in [0.15, 0.2) is 0 Å². The van der Waals surface area contributed by atoms with E-state index in [4.69, 9.17) is 0 Å². The van der Waals surface area contributed by atoms with Gasteiger partial charge in [0.1, 0.15) is 5.01 Å².